The van der Waals surface area contributed by atoms with Gasteiger partial charge in [0.05, 0.1) is 0 Å². The first-order valence-corrected chi connectivity index (χ1v) is 3.19. The van der Waals surface area contributed by atoms with Crippen molar-refractivity contribution in [2.45, 2.75) is 0 Å². The van der Waals surface area contributed by atoms with E-state index in [1.54, 1.807) is 0 Å². The zero-order valence-electron chi connectivity index (χ0n) is 6.07. The molecule has 1 heterocycles. The van der Waals surface area contributed by atoms with Crippen molar-refractivity contribution in [3.63, 3.8) is 0 Å². The summed E-state index contributed by atoms with van der Waals surface area (Å²) in [4.78, 5) is 26.9. The molecule has 0 aliphatic carbocycles. The normalized spacial score (nSPS) is 9.33. The first-order chi connectivity index (χ1) is 5.70. The predicted octanol–water partition coefficient (Wildman–Crippen LogP) is -0.734. The quantitative estimate of drug-likeness (QED) is 0.554. The van der Waals surface area contributed by atoms with E-state index in [1.807, 2.05) is 0 Å². The van der Waals surface area contributed by atoms with Gasteiger partial charge < -0.3 is 15.4 Å². The maximum absolute atomic E-state index is 10.9. The van der Waals surface area contributed by atoms with Crippen molar-refractivity contribution in [3.05, 3.63) is 22.7 Å². The SMILES string of the molecule is O=C(O)CNc1ncc[nH]c1=O. The van der Waals surface area contributed by atoms with Crippen molar-refractivity contribution >= 4 is 11.8 Å². The lowest BCUT2D eigenvalue weighted by atomic mass is 10.6. The number of carbonyl (C=O) groups is 1. The lowest BCUT2D eigenvalue weighted by molar-refractivity contribution is -0.134. The van der Waals surface area contributed by atoms with Crippen molar-refractivity contribution in [3.8, 4) is 0 Å². The fraction of sp³-hybridized carbons (Fsp3) is 0.167. The van der Waals surface area contributed by atoms with Crippen molar-refractivity contribution in [2.75, 3.05) is 11.9 Å². The molecule has 0 radical (unpaired) electrons. The molecule has 0 fully saturated rings. The number of aromatic amines is 1. The molecule has 0 unspecified atom stereocenters. The van der Waals surface area contributed by atoms with E-state index in [9.17, 15) is 9.59 Å². The molecular formula is C6H7N3O3. The van der Waals surface area contributed by atoms with Crippen LogP contribution in [-0.4, -0.2) is 27.6 Å². The van der Waals surface area contributed by atoms with Crippen molar-refractivity contribution in [1.29, 1.82) is 0 Å². The van der Waals surface area contributed by atoms with E-state index in [4.69, 9.17) is 5.11 Å². The molecule has 64 valence electrons. The molecule has 1 rings (SSSR count). The molecule has 1 aromatic heterocycles. The van der Waals surface area contributed by atoms with Crippen LogP contribution in [0.2, 0.25) is 0 Å². The van der Waals surface area contributed by atoms with E-state index in [1.165, 1.54) is 12.4 Å². The molecule has 0 bridgehead atoms. The molecule has 0 aromatic carbocycles. The number of hydrogen-bond donors (Lipinski definition) is 3. The summed E-state index contributed by atoms with van der Waals surface area (Å²) in [6, 6.07) is 0. The Kier molecular flexibility index (Phi) is 2.42. The van der Waals surface area contributed by atoms with Gasteiger partial charge >= 0.3 is 5.97 Å². The van der Waals surface area contributed by atoms with E-state index in [0.29, 0.717) is 0 Å². The van der Waals surface area contributed by atoms with Crippen LogP contribution >= 0.6 is 0 Å². The van der Waals surface area contributed by atoms with Gasteiger partial charge in [0.1, 0.15) is 6.54 Å². The molecule has 6 heteroatoms. The number of anilines is 1. The standard InChI is InChI=1S/C6H7N3O3/c10-4(11)3-9-5-6(12)8-2-1-7-5/h1-2H,3H2,(H,7,9)(H,8,12)(H,10,11). The molecule has 1 aromatic rings. The Labute approximate surface area is 67.3 Å². The highest BCUT2D eigenvalue weighted by atomic mass is 16.4. The van der Waals surface area contributed by atoms with Gasteiger partial charge in [-0.3, -0.25) is 9.59 Å². The average molecular weight is 169 g/mol. The molecule has 0 aliphatic rings. The lowest BCUT2D eigenvalue weighted by Crippen LogP contribution is -2.20. The molecule has 3 N–H and O–H groups in total. The molecule has 0 amide bonds. The Morgan fingerprint density at radius 2 is 2.50 bits per heavy atom. The van der Waals surface area contributed by atoms with Crippen LogP contribution in [0.4, 0.5) is 5.82 Å². The summed E-state index contributed by atoms with van der Waals surface area (Å²) in [7, 11) is 0. The van der Waals surface area contributed by atoms with Crippen LogP contribution in [0.15, 0.2) is 17.2 Å². The number of aliphatic carboxylic acids is 1. The van der Waals surface area contributed by atoms with Gasteiger partial charge in [-0.1, -0.05) is 0 Å². The first kappa shape index (κ1) is 8.25. The Morgan fingerprint density at radius 1 is 1.75 bits per heavy atom. The van der Waals surface area contributed by atoms with Crippen LogP contribution < -0.4 is 10.9 Å². The van der Waals surface area contributed by atoms with E-state index in [2.05, 4.69) is 15.3 Å². The van der Waals surface area contributed by atoms with Gasteiger partial charge in [-0.05, 0) is 0 Å². The van der Waals surface area contributed by atoms with E-state index < -0.39 is 11.5 Å². The number of nitrogens with one attached hydrogen (secondary N) is 2. The summed E-state index contributed by atoms with van der Waals surface area (Å²) in [6.45, 7) is -0.319. The summed E-state index contributed by atoms with van der Waals surface area (Å²) < 4.78 is 0. The van der Waals surface area contributed by atoms with Gasteiger partial charge in [-0.15, -0.1) is 0 Å². The fourth-order valence-electron chi connectivity index (χ4n) is 0.637. The predicted molar refractivity (Wildman–Crippen MR) is 41.0 cm³/mol. The van der Waals surface area contributed by atoms with Crippen molar-refractivity contribution in [1.82, 2.24) is 9.97 Å². The largest absolute Gasteiger partial charge is 0.480 e. The third-order valence-electron chi connectivity index (χ3n) is 1.11. The number of hydrogen-bond acceptors (Lipinski definition) is 4. The molecule has 0 aliphatic heterocycles. The maximum Gasteiger partial charge on any atom is 0.322 e. The van der Waals surface area contributed by atoms with Gasteiger partial charge in [0.25, 0.3) is 5.56 Å². The van der Waals surface area contributed by atoms with E-state index >= 15 is 0 Å². The first-order valence-electron chi connectivity index (χ1n) is 3.19. The number of nitrogens with zero attached hydrogens (tertiary/aromatic N) is 1. The fourth-order valence-corrected chi connectivity index (χ4v) is 0.637. The van der Waals surface area contributed by atoms with Crippen LogP contribution in [0.25, 0.3) is 0 Å². The van der Waals surface area contributed by atoms with E-state index in [0.717, 1.165) is 0 Å². The molecule has 12 heavy (non-hydrogen) atoms. The Morgan fingerprint density at radius 3 is 3.08 bits per heavy atom. The number of carboxylic acid groups (broad SMARTS) is 1. The molecule has 6 nitrogen and oxygen atoms in total. The molecule has 0 spiro atoms. The zero-order valence-corrected chi connectivity index (χ0v) is 6.07. The second-order valence-electron chi connectivity index (χ2n) is 2.01. The highest BCUT2D eigenvalue weighted by molar-refractivity contribution is 5.72. The topological polar surface area (TPSA) is 95.1 Å². The van der Waals surface area contributed by atoms with Crippen LogP contribution in [0.1, 0.15) is 0 Å². The number of aromatic nitrogens is 2. The van der Waals surface area contributed by atoms with Gasteiger partial charge in [0.15, 0.2) is 5.82 Å². The summed E-state index contributed by atoms with van der Waals surface area (Å²) in [5.74, 6) is -1.03. The summed E-state index contributed by atoms with van der Waals surface area (Å²) in [5.41, 5.74) is -0.432. The third kappa shape index (κ3) is 2.08. The minimum absolute atomic E-state index is 0.0138. The van der Waals surface area contributed by atoms with Crippen LogP contribution in [0, 0.1) is 0 Å². The monoisotopic (exact) mass is 169 g/mol. The zero-order chi connectivity index (χ0) is 8.97. The Hall–Kier alpha value is -1.85. The van der Waals surface area contributed by atoms with E-state index in [-0.39, 0.29) is 12.4 Å². The second kappa shape index (κ2) is 3.51. The summed E-state index contributed by atoms with van der Waals surface area (Å²) in [5, 5.41) is 10.6. The molecule has 0 atom stereocenters. The van der Waals surface area contributed by atoms with Crippen LogP contribution in [-0.2, 0) is 4.79 Å². The second-order valence-corrected chi connectivity index (χ2v) is 2.01. The van der Waals surface area contributed by atoms with Crippen LogP contribution in [0.5, 0.6) is 0 Å². The minimum atomic E-state index is -1.04. The molecular weight excluding hydrogens is 162 g/mol. The Bertz CT molecular complexity index is 333. The van der Waals surface area contributed by atoms with Gasteiger partial charge in [-0.2, -0.15) is 0 Å². The Balaban J connectivity index is 2.70. The van der Waals surface area contributed by atoms with Gasteiger partial charge in [0, 0.05) is 12.4 Å². The van der Waals surface area contributed by atoms with Crippen molar-refractivity contribution < 1.29 is 9.90 Å². The number of carboxylic acids is 1. The smallest absolute Gasteiger partial charge is 0.322 e. The highest BCUT2D eigenvalue weighted by Gasteiger charge is 2.00. The minimum Gasteiger partial charge on any atom is -0.480 e. The molecule has 0 saturated carbocycles. The van der Waals surface area contributed by atoms with Crippen LogP contribution in [0.3, 0.4) is 0 Å². The molecule has 0 saturated heterocycles. The van der Waals surface area contributed by atoms with Gasteiger partial charge in [-0.25, -0.2) is 4.98 Å². The average Bonchev–Trinajstić information content (AvgIpc) is 2.03. The summed E-state index contributed by atoms with van der Waals surface area (Å²) >= 11 is 0. The highest BCUT2D eigenvalue weighted by Crippen LogP contribution is 1.87. The maximum atomic E-state index is 10.9. The van der Waals surface area contributed by atoms with Crippen molar-refractivity contribution in [2.24, 2.45) is 0 Å². The number of H-pyrrole nitrogens is 1. The van der Waals surface area contributed by atoms with Gasteiger partial charge in [0.2, 0.25) is 0 Å². The lowest BCUT2D eigenvalue weighted by Gasteiger charge is -1.98. The summed E-state index contributed by atoms with van der Waals surface area (Å²) in [6.07, 6.45) is 2.74. The third-order valence-corrected chi connectivity index (χ3v) is 1.11. The number of rotatable bonds is 3.